The summed E-state index contributed by atoms with van der Waals surface area (Å²) in [5.74, 6) is 0.463. The van der Waals surface area contributed by atoms with E-state index in [0.717, 1.165) is 4.34 Å². The van der Waals surface area contributed by atoms with Crippen LogP contribution in [0.3, 0.4) is 0 Å². The molecular formula is C11H10Cl2N4OS2. The molecule has 0 saturated heterocycles. The molecule has 0 aliphatic carbocycles. The van der Waals surface area contributed by atoms with Crippen LogP contribution in [-0.2, 0) is 4.79 Å². The van der Waals surface area contributed by atoms with Crippen molar-refractivity contribution in [2.45, 2.75) is 10.8 Å². The lowest BCUT2D eigenvalue weighted by atomic mass is 10.3. The smallest absolute Gasteiger partial charge is 0.225 e. The van der Waals surface area contributed by atoms with Crippen molar-refractivity contribution in [1.82, 2.24) is 10.2 Å². The van der Waals surface area contributed by atoms with Gasteiger partial charge in [0.15, 0.2) is 4.34 Å². The van der Waals surface area contributed by atoms with Gasteiger partial charge in [0.2, 0.25) is 11.0 Å². The molecule has 20 heavy (non-hydrogen) atoms. The molecule has 0 atom stereocenters. The zero-order chi connectivity index (χ0) is 14.5. The lowest BCUT2D eigenvalue weighted by Gasteiger charge is -2.06. The van der Waals surface area contributed by atoms with Crippen LogP contribution in [0.4, 0.5) is 10.8 Å². The van der Waals surface area contributed by atoms with Crippen LogP contribution >= 0.6 is 46.3 Å². The number of hydrogen-bond acceptors (Lipinski definition) is 6. The van der Waals surface area contributed by atoms with Gasteiger partial charge in [-0.2, -0.15) is 0 Å². The molecule has 0 saturated carbocycles. The lowest BCUT2D eigenvalue weighted by molar-refractivity contribution is -0.115. The topological polar surface area (TPSA) is 80.9 Å². The van der Waals surface area contributed by atoms with Crippen molar-refractivity contribution in [3.63, 3.8) is 0 Å². The average molecular weight is 349 g/mol. The number of aromatic nitrogens is 2. The fraction of sp³-hybridized carbons (Fsp3) is 0.182. The minimum Gasteiger partial charge on any atom is -0.374 e. The van der Waals surface area contributed by atoms with Crippen molar-refractivity contribution < 1.29 is 4.79 Å². The van der Waals surface area contributed by atoms with Gasteiger partial charge >= 0.3 is 0 Å². The summed E-state index contributed by atoms with van der Waals surface area (Å²) in [6.07, 6.45) is 0.336. The van der Waals surface area contributed by atoms with Gasteiger partial charge in [-0.15, -0.1) is 10.2 Å². The molecule has 1 heterocycles. The zero-order valence-corrected chi connectivity index (χ0v) is 13.2. The number of nitrogens with two attached hydrogens (primary N) is 1. The predicted molar refractivity (Wildman–Crippen MR) is 84.8 cm³/mol. The molecule has 0 unspecified atom stereocenters. The van der Waals surface area contributed by atoms with Crippen molar-refractivity contribution in [3.8, 4) is 0 Å². The van der Waals surface area contributed by atoms with Gasteiger partial charge in [0.1, 0.15) is 0 Å². The molecule has 2 rings (SSSR count). The second kappa shape index (κ2) is 7.12. The molecule has 1 amide bonds. The highest BCUT2D eigenvalue weighted by Gasteiger charge is 2.08. The maximum Gasteiger partial charge on any atom is 0.225 e. The fourth-order valence-electron chi connectivity index (χ4n) is 1.31. The molecule has 1 aromatic heterocycles. The molecule has 0 fully saturated rings. The van der Waals surface area contributed by atoms with Crippen LogP contribution in [0.5, 0.6) is 0 Å². The van der Waals surface area contributed by atoms with Crippen LogP contribution in [0.1, 0.15) is 6.42 Å². The molecule has 0 bridgehead atoms. The monoisotopic (exact) mass is 348 g/mol. The Morgan fingerprint density at radius 2 is 2.20 bits per heavy atom. The van der Waals surface area contributed by atoms with Crippen molar-refractivity contribution in [1.29, 1.82) is 0 Å². The molecule has 9 heteroatoms. The molecule has 0 radical (unpaired) electrons. The number of carbonyl (C=O) groups excluding carboxylic acids is 1. The quantitative estimate of drug-likeness (QED) is 0.807. The molecule has 2 aromatic rings. The minimum atomic E-state index is -0.126. The summed E-state index contributed by atoms with van der Waals surface area (Å²) in [6, 6.07) is 4.92. The zero-order valence-electron chi connectivity index (χ0n) is 10.1. The Bertz CT molecular complexity index is 620. The van der Waals surface area contributed by atoms with Crippen molar-refractivity contribution in [2.75, 3.05) is 16.8 Å². The van der Waals surface area contributed by atoms with Crippen LogP contribution in [0.25, 0.3) is 0 Å². The molecule has 106 valence electrons. The van der Waals surface area contributed by atoms with E-state index in [2.05, 4.69) is 15.5 Å². The predicted octanol–water partition coefficient (Wildman–Crippen LogP) is 3.55. The summed E-state index contributed by atoms with van der Waals surface area (Å²) in [5, 5.41) is 11.6. The number of nitrogen functional groups attached to an aromatic ring is 1. The SMILES string of the molecule is Nc1nnc(SCCC(=O)Nc2ccc(Cl)cc2Cl)s1. The average Bonchev–Trinajstić information content (AvgIpc) is 2.79. The van der Waals surface area contributed by atoms with Crippen LogP contribution in [0.15, 0.2) is 22.5 Å². The summed E-state index contributed by atoms with van der Waals surface area (Å²) >= 11 is 14.5. The number of anilines is 2. The Kier molecular flexibility index (Phi) is 5.47. The number of amides is 1. The van der Waals surface area contributed by atoms with Gasteiger partial charge in [-0.3, -0.25) is 4.79 Å². The second-order valence-corrected chi connectivity index (χ2v) is 6.87. The van der Waals surface area contributed by atoms with Crippen LogP contribution < -0.4 is 11.1 Å². The highest BCUT2D eigenvalue weighted by atomic mass is 35.5. The van der Waals surface area contributed by atoms with E-state index < -0.39 is 0 Å². The summed E-state index contributed by atoms with van der Waals surface area (Å²) in [5.41, 5.74) is 6.02. The molecule has 0 aliphatic heterocycles. The fourth-order valence-corrected chi connectivity index (χ4v) is 3.41. The second-order valence-electron chi connectivity index (χ2n) is 3.68. The highest BCUT2D eigenvalue weighted by Crippen LogP contribution is 2.26. The number of nitrogens with one attached hydrogen (secondary N) is 1. The maximum absolute atomic E-state index is 11.8. The van der Waals surface area contributed by atoms with Crippen molar-refractivity contribution in [2.24, 2.45) is 0 Å². The largest absolute Gasteiger partial charge is 0.374 e. The van der Waals surface area contributed by atoms with Crippen molar-refractivity contribution in [3.05, 3.63) is 28.2 Å². The number of rotatable bonds is 5. The van der Waals surface area contributed by atoms with E-state index in [9.17, 15) is 4.79 Å². The van der Waals surface area contributed by atoms with Crippen LogP contribution in [0, 0.1) is 0 Å². The van der Waals surface area contributed by atoms with Gasteiger partial charge in [0.25, 0.3) is 0 Å². The lowest BCUT2D eigenvalue weighted by Crippen LogP contribution is -2.12. The van der Waals surface area contributed by atoms with E-state index in [1.807, 2.05) is 0 Å². The number of hydrogen-bond donors (Lipinski definition) is 2. The van der Waals surface area contributed by atoms with E-state index in [-0.39, 0.29) is 5.91 Å². The van der Waals surface area contributed by atoms with E-state index in [1.165, 1.54) is 23.1 Å². The molecule has 5 nitrogen and oxygen atoms in total. The third kappa shape index (κ3) is 4.52. The highest BCUT2D eigenvalue weighted by molar-refractivity contribution is 8.01. The Hall–Kier alpha value is -1.02. The first-order valence-electron chi connectivity index (χ1n) is 5.51. The van der Waals surface area contributed by atoms with Crippen LogP contribution in [-0.4, -0.2) is 21.9 Å². The Labute approximate surface area is 133 Å². The third-order valence-electron chi connectivity index (χ3n) is 2.18. The molecule has 0 spiro atoms. The summed E-state index contributed by atoms with van der Waals surface area (Å²) in [7, 11) is 0. The first kappa shape index (κ1) is 15.4. The van der Waals surface area contributed by atoms with Gasteiger partial charge in [-0.1, -0.05) is 46.3 Å². The Balaban J connectivity index is 1.80. The van der Waals surface area contributed by atoms with Gasteiger partial charge in [0, 0.05) is 17.2 Å². The third-order valence-corrected chi connectivity index (χ3v) is 4.62. The van der Waals surface area contributed by atoms with E-state index in [4.69, 9.17) is 28.9 Å². The Morgan fingerprint density at radius 3 is 2.85 bits per heavy atom. The molecule has 1 aromatic carbocycles. The van der Waals surface area contributed by atoms with Gasteiger partial charge < -0.3 is 11.1 Å². The standard InChI is InChI=1S/C11H10Cl2N4OS2/c12-6-1-2-8(7(13)5-6)15-9(18)3-4-19-11-17-16-10(14)20-11/h1-2,5H,3-4H2,(H2,14,16)(H,15,18). The summed E-state index contributed by atoms with van der Waals surface area (Å²) in [6.45, 7) is 0. The first-order chi connectivity index (χ1) is 9.54. The normalized spacial score (nSPS) is 10.5. The van der Waals surface area contributed by atoms with Crippen molar-refractivity contribution >= 4 is 63.0 Å². The number of carbonyl (C=O) groups is 1. The number of nitrogens with zero attached hydrogens (tertiary/aromatic N) is 2. The van der Waals surface area contributed by atoms with E-state index in [1.54, 1.807) is 18.2 Å². The van der Waals surface area contributed by atoms with E-state index >= 15 is 0 Å². The summed E-state index contributed by atoms with van der Waals surface area (Å²) in [4.78, 5) is 11.8. The Morgan fingerprint density at radius 1 is 1.40 bits per heavy atom. The number of benzene rings is 1. The first-order valence-corrected chi connectivity index (χ1v) is 8.07. The van der Waals surface area contributed by atoms with E-state index in [0.29, 0.717) is 33.0 Å². The number of thioether (sulfide) groups is 1. The van der Waals surface area contributed by atoms with Crippen LogP contribution in [0.2, 0.25) is 10.0 Å². The molecule has 3 N–H and O–H groups in total. The van der Waals surface area contributed by atoms with Gasteiger partial charge in [0.05, 0.1) is 10.7 Å². The maximum atomic E-state index is 11.8. The minimum absolute atomic E-state index is 0.126. The van der Waals surface area contributed by atoms with Gasteiger partial charge in [-0.05, 0) is 18.2 Å². The number of halogens is 2. The molecular weight excluding hydrogens is 339 g/mol. The summed E-state index contributed by atoms with van der Waals surface area (Å²) < 4.78 is 0.750. The molecule has 0 aliphatic rings. The van der Waals surface area contributed by atoms with Gasteiger partial charge in [-0.25, -0.2) is 0 Å².